The second-order valence-corrected chi connectivity index (χ2v) is 6.21. The van der Waals surface area contributed by atoms with Gasteiger partial charge in [-0.1, -0.05) is 0 Å². The number of hydrogen-bond donors (Lipinski definition) is 1. The summed E-state index contributed by atoms with van der Waals surface area (Å²) in [6.07, 6.45) is 4.73. The molecule has 104 valence electrons. The van der Waals surface area contributed by atoms with Crippen molar-refractivity contribution in [3.8, 4) is 0 Å². The fourth-order valence-electron chi connectivity index (χ4n) is 2.23. The molecule has 2 heterocycles. The minimum Gasteiger partial charge on any atom is -0.475 e. The van der Waals surface area contributed by atoms with Gasteiger partial charge in [0.05, 0.1) is 0 Å². The number of furan rings is 1. The lowest BCUT2D eigenvalue weighted by Gasteiger charge is -2.06. The van der Waals surface area contributed by atoms with Crippen molar-refractivity contribution in [2.24, 2.45) is 0 Å². The van der Waals surface area contributed by atoms with E-state index in [1.165, 1.54) is 43.5 Å². The van der Waals surface area contributed by atoms with E-state index in [9.17, 15) is 4.79 Å². The third-order valence-corrected chi connectivity index (χ3v) is 4.41. The van der Waals surface area contributed by atoms with Crippen LogP contribution in [-0.2, 0) is 0 Å². The van der Waals surface area contributed by atoms with Crippen molar-refractivity contribution in [1.29, 1.82) is 0 Å². The normalized spacial score (nSPS) is 18.4. The molecule has 0 amide bonds. The van der Waals surface area contributed by atoms with E-state index in [0.29, 0.717) is 17.1 Å². The summed E-state index contributed by atoms with van der Waals surface area (Å²) in [4.78, 5) is 10.8. The van der Waals surface area contributed by atoms with Crippen molar-refractivity contribution in [2.75, 3.05) is 0 Å². The SMILES string of the molecule is O=C(O)c1ccc(Sc2nnc(C3CC3)n2C2CC2)o1. The Morgan fingerprint density at radius 2 is 2.10 bits per heavy atom. The maximum absolute atomic E-state index is 10.8. The Bertz CT molecular complexity index is 670. The fourth-order valence-corrected chi connectivity index (χ4v) is 3.10. The molecule has 0 aromatic carbocycles. The number of aromatic nitrogens is 3. The predicted molar refractivity (Wildman–Crippen MR) is 70.1 cm³/mol. The highest BCUT2D eigenvalue weighted by atomic mass is 32.2. The van der Waals surface area contributed by atoms with E-state index in [0.717, 1.165) is 11.0 Å². The first-order chi connectivity index (χ1) is 9.72. The number of carboxylic acids is 1. The quantitative estimate of drug-likeness (QED) is 0.912. The minimum absolute atomic E-state index is 0.0487. The zero-order valence-electron chi connectivity index (χ0n) is 10.7. The van der Waals surface area contributed by atoms with Crippen molar-refractivity contribution >= 4 is 17.7 Å². The van der Waals surface area contributed by atoms with Gasteiger partial charge in [0.2, 0.25) is 5.76 Å². The number of carbonyl (C=O) groups is 1. The van der Waals surface area contributed by atoms with Gasteiger partial charge in [0.15, 0.2) is 10.2 Å². The van der Waals surface area contributed by atoms with E-state index in [2.05, 4.69) is 14.8 Å². The second-order valence-electron chi connectivity index (χ2n) is 5.24. The van der Waals surface area contributed by atoms with E-state index in [1.807, 2.05) is 0 Å². The van der Waals surface area contributed by atoms with Gasteiger partial charge in [-0.3, -0.25) is 0 Å². The first kappa shape index (κ1) is 12.0. The molecule has 0 spiro atoms. The van der Waals surface area contributed by atoms with Gasteiger partial charge >= 0.3 is 5.97 Å². The number of carboxylic acid groups (broad SMARTS) is 1. The Balaban J connectivity index is 1.62. The first-order valence-corrected chi connectivity index (χ1v) is 7.50. The van der Waals surface area contributed by atoms with Crippen LogP contribution < -0.4 is 0 Å². The van der Waals surface area contributed by atoms with Crippen LogP contribution in [0, 0.1) is 0 Å². The lowest BCUT2D eigenvalue weighted by Crippen LogP contribution is -2.01. The maximum Gasteiger partial charge on any atom is 0.371 e. The number of rotatable bonds is 5. The van der Waals surface area contributed by atoms with Gasteiger partial charge < -0.3 is 14.1 Å². The Labute approximate surface area is 119 Å². The molecule has 20 heavy (non-hydrogen) atoms. The average molecular weight is 291 g/mol. The van der Waals surface area contributed by atoms with E-state index in [-0.39, 0.29) is 5.76 Å². The van der Waals surface area contributed by atoms with Gasteiger partial charge in [-0.05, 0) is 49.6 Å². The van der Waals surface area contributed by atoms with Crippen LogP contribution in [0.3, 0.4) is 0 Å². The summed E-state index contributed by atoms with van der Waals surface area (Å²) in [7, 11) is 0. The fraction of sp³-hybridized carbons (Fsp3) is 0.462. The summed E-state index contributed by atoms with van der Waals surface area (Å²) < 4.78 is 7.49. The van der Waals surface area contributed by atoms with Gasteiger partial charge in [-0.2, -0.15) is 0 Å². The lowest BCUT2D eigenvalue weighted by atomic mass is 10.4. The van der Waals surface area contributed by atoms with Crippen molar-refractivity contribution in [3.63, 3.8) is 0 Å². The van der Waals surface area contributed by atoms with Crippen LogP contribution in [0.5, 0.6) is 0 Å². The van der Waals surface area contributed by atoms with Crippen LogP contribution in [0.4, 0.5) is 0 Å². The largest absolute Gasteiger partial charge is 0.475 e. The third kappa shape index (κ3) is 2.11. The highest BCUT2D eigenvalue weighted by Gasteiger charge is 2.36. The first-order valence-electron chi connectivity index (χ1n) is 6.68. The molecule has 0 bridgehead atoms. The van der Waals surface area contributed by atoms with E-state index >= 15 is 0 Å². The molecule has 0 atom stereocenters. The summed E-state index contributed by atoms with van der Waals surface area (Å²) >= 11 is 1.35. The van der Waals surface area contributed by atoms with Crippen LogP contribution in [0.2, 0.25) is 0 Å². The van der Waals surface area contributed by atoms with Crippen LogP contribution >= 0.6 is 11.8 Å². The molecule has 2 saturated carbocycles. The molecule has 2 aliphatic rings. The minimum atomic E-state index is -1.06. The highest BCUT2D eigenvalue weighted by Crippen LogP contribution is 2.46. The number of nitrogens with zero attached hydrogens (tertiary/aromatic N) is 3. The van der Waals surface area contributed by atoms with Gasteiger partial charge in [-0.25, -0.2) is 4.79 Å². The predicted octanol–water partition coefficient (Wildman–Crippen LogP) is 2.93. The smallest absolute Gasteiger partial charge is 0.371 e. The van der Waals surface area contributed by atoms with Gasteiger partial charge in [0.25, 0.3) is 0 Å². The molecule has 0 radical (unpaired) electrons. The van der Waals surface area contributed by atoms with Crippen LogP contribution in [0.25, 0.3) is 0 Å². The zero-order valence-corrected chi connectivity index (χ0v) is 11.5. The van der Waals surface area contributed by atoms with Crippen molar-refractivity contribution in [1.82, 2.24) is 14.8 Å². The molecule has 0 unspecified atom stereocenters. The molecule has 7 heteroatoms. The van der Waals surface area contributed by atoms with Crippen LogP contribution in [0.15, 0.2) is 26.8 Å². The third-order valence-electron chi connectivity index (χ3n) is 3.53. The van der Waals surface area contributed by atoms with Crippen molar-refractivity contribution < 1.29 is 14.3 Å². The van der Waals surface area contributed by atoms with Crippen LogP contribution in [-0.4, -0.2) is 25.8 Å². The average Bonchev–Trinajstić information content (AvgIpc) is 3.35. The zero-order chi connectivity index (χ0) is 13.7. The summed E-state index contributed by atoms with van der Waals surface area (Å²) in [6, 6.07) is 3.64. The molecule has 0 saturated heterocycles. The molecule has 2 fully saturated rings. The Morgan fingerprint density at radius 1 is 1.30 bits per heavy atom. The highest BCUT2D eigenvalue weighted by molar-refractivity contribution is 7.99. The molecule has 2 aliphatic carbocycles. The van der Waals surface area contributed by atoms with Crippen molar-refractivity contribution in [2.45, 2.75) is 47.9 Å². The molecule has 1 N–H and O–H groups in total. The molecule has 4 rings (SSSR count). The molecular formula is C13H13N3O3S. The molecule has 0 aliphatic heterocycles. The Hall–Kier alpha value is -1.76. The van der Waals surface area contributed by atoms with Gasteiger partial charge in [0, 0.05) is 12.0 Å². The number of aromatic carboxylic acids is 1. The van der Waals surface area contributed by atoms with Gasteiger partial charge in [-0.15, -0.1) is 10.2 Å². The van der Waals surface area contributed by atoms with E-state index < -0.39 is 5.97 Å². The Kier molecular flexibility index (Phi) is 2.63. The summed E-state index contributed by atoms with van der Waals surface area (Å²) in [5.41, 5.74) is 0. The van der Waals surface area contributed by atoms with E-state index in [4.69, 9.17) is 9.52 Å². The maximum atomic E-state index is 10.8. The van der Waals surface area contributed by atoms with Crippen molar-refractivity contribution in [3.05, 3.63) is 23.7 Å². The Morgan fingerprint density at radius 3 is 2.70 bits per heavy atom. The standard InChI is InChI=1S/C13H13N3O3S/c17-12(18)9-5-6-10(19-9)20-13-15-14-11(7-1-2-7)16(13)8-3-4-8/h5-8H,1-4H2,(H,17,18). The molecule has 2 aromatic rings. The lowest BCUT2D eigenvalue weighted by molar-refractivity contribution is 0.0656. The van der Waals surface area contributed by atoms with Crippen LogP contribution in [0.1, 0.15) is 54.0 Å². The van der Waals surface area contributed by atoms with E-state index in [1.54, 1.807) is 6.07 Å². The summed E-state index contributed by atoms with van der Waals surface area (Å²) in [5, 5.41) is 18.8. The number of hydrogen-bond acceptors (Lipinski definition) is 5. The monoisotopic (exact) mass is 291 g/mol. The van der Waals surface area contributed by atoms with Gasteiger partial charge in [0.1, 0.15) is 5.82 Å². The molecular weight excluding hydrogens is 278 g/mol. The topological polar surface area (TPSA) is 81.1 Å². The molecule has 2 aromatic heterocycles. The molecule has 6 nitrogen and oxygen atoms in total. The second kappa shape index (κ2) is 4.37. The summed E-state index contributed by atoms with van der Waals surface area (Å²) in [5.74, 6) is 0.537. The summed E-state index contributed by atoms with van der Waals surface area (Å²) in [6.45, 7) is 0.